The van der Waals surface area contributed by atoms with E-state index >= 15 is 9.59 Å². The molecule has 1 spiro atoms. The van der Waals surface area contributed by atoms with Gasteiger partial charge in [0.25, 0.3) is 0 Å². The molecule has 5 atom stereocenters. The predicted molar refractivity (Wildman–Crippen MR) is 188 cm³/mol. The molecule has 1 heterocycles. The Morgan fingerprint density at radius 1 is 0.978 bits per heavy atom. The Bertz CT molecular complexity index is 1590. The predicted octanol–water partition coefficient (Wildman–Crippen LogP) is 10.1. The fourth-order valence-corrected chi connectivity index (χ4v) is 8.06. The summed E-state index contributed by atoms with van der Waals surface area (Å²) in [6.45, 7) is 24.3. The summed E-state index contributed by atoms with van der Waals surface area (Å²) in [5.41, 5.74) is 5.64. The Morgan fingerprint density at radius 2 is 1.61 bits per heavy atom. The molecule has 2 unspecified atom stereocenters. The maximum absolute atomic E-state index is 15.3. The van der Waals surface area contributed by atoms with Gasteiger partial charge in [0.05, 0.1) is 10.8 Å². The molecule has 1 aromatic rings. The highest BCUT2D eigenvalue weighted by molar-refractivity contribution is 6.35. The molecule has 0 aromatic heterocycles. The molecule has 46 heavy (non-hydrogen) atoms. The van der Waals surface area contributed by atoms with Crippen molar-refractivity contribution in [3.63, 3.8) is 0 Å². The van der Waals surface area contributed by atoms with E-state index in [1.54, 1.807) is 12.1 Å². The minimum absolute atomic E-state index is 0.0338. The van der Waals surface area contributed by atoms with Crippen molar-refractivity contribution in [3.8, 4) is 0 Å². The number of ketones is 3. The topological polar surface area (TPSA) is 60.4 Å². The van der Waals surface area contributed by atoms with Crippen molar-refractivity contribution < 1.29 is 19.1 Å². The Balaban J connectivity index is 2.07. The van der Waals surface area contributed by atoms with Crippen molar-refractivity contribution in [3.05, 3.63) is 93.5 Å². The molecular weight excluding hydrogens is 568 g/mol. The van der Waals surface area contributed by atoms with Gasteiger partial charge in [0.15, 0.2) is 17.3 Å². The van der Waals surface area contributed by atoms with Gasteiger partial charge in [-0.3, -0.25) is 14.4 Å². The number of Topliss-reactive ketones (excluding diaryl/α,β-unsaturated/α-hetero) is 3. The number of carbonyl (C=O) groups is 3. The highest BCUT2D eigenvalue weighted by Gasteiger charge is 2.71. The van der Waals surface area contributed by atoms with Crippen LogP contribution in [0.2, 0.25) is 0 Å². The third-order valence-corrected chi connectivity index (χ3v) is 10.9. The van der Waals surface area contributed by atoms with Crippen molar-refractivity contribution in [2.45, 2.75) is 113 Å². The zero-order chi connectivity index (χ0) is 34.2. The van der Waals surface area contributed by atoms with Gasteiger partial charge in [-0.05, 0) is 129 Å². The van der Waals surface area contributed by atoms with Gasteiger partial charge < -0.3 is 4.74 Å². The highest BCUT2D eigenvalue weighted by Crippen LogP contribution is 2.65. The normalized spacial score (nSPS) is 27.9. The molecule has 4 rings (SSSR count). The number of rotatable bonds is 10. The van der Waals surface area contributed by atoms with E-state index in [9.17, 15) is 4.79 Å². The number of benzene rings is 1. The van der Waals surface area contributed by atoms with Crippen LogP contribution in [-0.2, 0) is 20.7 Å². The molecule has 246 valence electrons. The van der Waals surface area contributed by atoms with E-state index in [2.05, 4.69) is 66.0 Å². The number of fused-ring (bicyclic) bond motifs is 1. The molecule has 4 heteroatoms. The second kappa shape index (κ2) is 13.3. The van der Waals surface area contributed by atoms with Crippen molar-refractivity contribution in [2.75, 3.05) is 0 Å². The van der Waals surface area contributed by atoms with E-state index in [1.807, 2.05) is 45.9 Å². The van der Waals surface area contributed by atoms with Crippen molar-refractivity contribution >= 4 is 23.4 Å². The standard InChI is InChI=1S/C42H54O4/c1-12-14-31-23-32(19-18-30(31)13-2)36(43)35-37(44)42(22-21-28(7)8)29(9)33(17-15-26(3)4)24-41(39(42)45)25-34(20-16-27(5)6)40(10,11)46-38(35)41/h14-16,18-19,21,23,29,33-34H,1,13,17,20,22,24-25H2,2-11H3/t29?,33-,34+,41+,42?/m1/s1. The number of hydrogen-bond donors (Lipinski definition) is 0. The van der Waals surface area contributed by atoms with Crippen LogP contribution < -0.4 is 0 Å². The number of ether oxygens (including phenoxy) is 1. The van der Waals surface area contributed by atoms with Gasteiger partial charge >= 0.3 is 0 Å². The molecule has 2 aliphatic carbocycles. The van der Waals surface area contributed by atoms with Crippen molar-refractivity contribution in [1.82, 2.24) is 0 Å². The van der Waals surface area contributed by atoms with E-state index in [0.29, 0.717) is 24.2 Å². The Kier molecular flexibility index (Phi) is 10.2. The first-order valence-electron chi connectivity index (χ1n) is 17.0. The highest BCUT2D eigenvalue weighted by atomic mass is 16.5. The minimum Gasteiger partial charge on any atom is -0.490 e. The zero-order valence-corrected chi connectivity index (χ0v) is 29.9. The molecule has 0 radical (unpaired) electrons. The quantitative estimate of drug-likeness (QED) is 0.0856. The minimum atomic E-state index is -1.34. The van der Waals surface area contributed by atoms with E-state index in [1.165, 1.54) is 11.1 Å². The van der Waals surface area contributed by atoms with Crippen LogP contribution >= 0.6 is 0 Å². The largest absolute Gasteiger partial charge is 0.490 e. The van der Waals surface area contributed by atoms with Crippen LogP contribution in [0, 0.1) is 28.6 Å². The summed E-state index contributed by atoms with van der Waals surface area (Å²) in [5.74, 6) is -0.617. The fourth-order valence-electron chi connectivity index (χ4n) is 8.06. The Labute approximate surface area is 277 Å². The second-order valence-corrected chi connectivity index (χ2v) is 15.2. The molecule has 1 saturated heterocycles. The lowest BCUT2D eigenvalue weighted by Crippen LogP contribution is -2.66. The van der Waals surface area contributed by atoms with E-state index in [-0.39, 0.29) is 47.1 Å². The summed E-state index contributed by atoms with van der Waals surface area (Å²) in [7, 11) is 0. The monoisotopic (exact) mass is 622 g/mol. The molecule has 1 aliphatic heterocycles. The maximum atomic E-state index is 15.3. The van der Waals surface area contributed by atoms with Crippen LogP contribution in [-0.4, -0.2) is 23.0 Å². The zero-order valence-electron chi connectivity index (χ0n) is 29.9. The van der Waals surface area contributed by atoms with Gasteiger partial charge in [0.1, 0.15) is 16.9 Å². The third-order valence-electron chi connectivity index (χ3n) is 10.9. The van der Waals surface area contributed by atoms with Crippen LogP contribution in [0.25, 0.3) is 6.08 Å². The molecule has 0 N–H and O–H groups in total. The Morgan fingerprint density at radius 3 is 2.20 bits per heavy atom. The number of hydrogen-bond acceptors (Lipinski definition) is 4. The smallest absolute Gasteiger partial charge is 0.200 e. The van der Waals surface area contributed by atoms with E-state index in [4.69, 9.17) is 4.74 Å². The van der Waals surface area contributed by atoms with Gasteiger partial charge in [0, 0.05) is 11.5 Å². The van der Waals surface area contributed by atoms with Gasteiger partial charge in [-0.1, -0.05) is 67.5 Å². The summed E-state index contributed by atoms with van der Waals surface area (Å²) in [6.07, 6.45) is 12.0. The third kappa shape index (κ3) is 6.14. The molecule has 2 fully saturated rings. The summed E-state index contributed by atoms with van der Waals surface area (Å²) in [4.78, 5) is 45.3. The van der Waals surface area contributed by atoms with Crippen LogP contribution in [0.3, 0.4) is 0 Å². The number of allylic oxidation sites excluding steroid dienone is 8. The first-order chi connectivity index (χ1) is 21.5. The van der Waals surface area contributed by atoms with Crippen LogP contribution in [0.15, 0.2) is 76.8 Å². The molecular formula is C42H54O4. The average molecular weight is 623 g/mol. The summed E-state index contributed by atoms with van der Waals surface area (Å²) < 4.78 is 6.92. The molecule has 2 bridgehead atoms. The average Bonchev–Trinajstić information content (AvgIpc) is 2.98. The van der Waals surface area contributed by atoms with Gasteiger partial charge in [-0.15, -0.1) is 5.73 Å². The molecule has 1 saturated carbocycles. The second-order valence-electron chi connectivity index (χ2n) is 15.2. The summed E-state index contributed by atoms with van der Waals surface area (Å²) in [6, 6.07) is 5.57. The lowest BCUT2D eigenvalue weighted by molar-refractivity contribution is -0.178. The van der Waals surface area contributed by atoms with Gasteiger partial charge in [0.2, 0.25) is 0 Å². The van der Waals surface area contributed by atoms with E-state index in [0.717, 1.165) is 36.0 Å². The fraction of sp³-hybridized carbons (Fsp3) is 0.524. The van der Waals surface area contributed by atoms with Crippen LogP contribution in [0.5, 0.6) is 0 Å². The SMILES string of the molecule is C=C=Cc1cc(C(=O)C2=C3OC(C)(C)[C@@H](CC=C(C)C)C[C@@]34C[C@@H](CC=C(C)C)C(C)C(CC=C(C)C)(C2=O)C4=O)ccc1CC. The van der Waals surface area contributed by atoms with Gasteiger partial charge in [-0.2, -0.15) is 0 Å². The first-order valence-corrected chi connectivity index (χ1v) is 17.0. The van der Waals surface area contributed by atoms with Crippen LogP contribution in [0.4, 0.5) is 0 Å². The van der Waals surface area contributed by atoms with E-state index < -0.39 is 16.4 Å². The van der Waals surface area contributed by atoms with Gasteiger partial charge in [-0.25, -0.2) is 0 Å². The first kappa shape index (κ1) is 35.4. The summed E-state index contributed by atoms with van der Waals surface area (Å²) in [5, 5.41) is 0. The summed E-state index contributed by atoms with van der Waals surface area (Å²) >= 11 is 0. The molecule has 3 aliphatic rings. The van der Waals surface area contributed by atoms with Crippen molar-refractivity contribution in [2.24, 2.45) is 28.6 Å². The molecule has 4 nitrogen and oxygen atoms in total. The maximum Gasteiger partial charge on any atom is 0.200 e. The number of carbonyl (C=O) groups excluding carboxylic acids is 3. The lowest BCUT2D eigenvalue weighted by atomic mass is 9.43. The number of aryl methyl sites for hydroxylation is 1. The Hall–Kier alpha value is -3.49. The van der Waals surface area contributed by atoms with Crippen LogP contribution in [0.1, 0.15) is 123 Å². The van der Waals surface area contributed by atoms with Crippen molar-refractivity contribution in [1.29, 1.82) is 0 Å². The lowest BCUT2D eigenvalue weighted by Gasteiger charge is -2.60. The molecule has 0 amide bonds. The molecule has 1 aromatic carbocycles.